The highest BCUT2D eigenvalue weighted by Gasteiger charge is 2.20. The molecule has 0 atom stereocenters. The van der Waals surface area contributed by atoms with Crippen molar-refractivity contribution in [1.82, 2.24) is 24.8 Å². The summed E-state index contributed by atoms with van der Waals surface area (Å²) in [5, 5.41) is 10.1. The predicted molar refractivity (Wildman–Crippen MR) is 102 cm³/mol. The molecule has 7 nitrogen and oxygen atoms in total. The summed E-state index contributed by atoms with van der Waals surface area (Å²) in [4.78, 5) is 29.0. The number of carbonyl (C=O) groups excluding carboxylic acids is 1. The Balaban J connectivity index is 0.00000261. The average Bonchev–Trinajstić information content (AvgIpc) is 3.25. The van der Waals surface area contributed by atoms with Gasteiger partial charge in [-0.15, -0.1) is 0 Å². The molecule has 3 rings (SSSR count). The van der Waals surface area contributed by atoms with Crippen LogP contribution < -0.4 is 0 Å². The summed E-state index contributed by atoms with van der Waals surface area (Å²) in [5.41, 5.74) is 2.51. The van der Waals surface area contributed by atoms with Crippen LogP contribution in [0.3, 0.4) is 0 Å². The molecule has 0 spiro atoms. The second kappa shape index (κ2) is 7.58. The fraction of sp³-hybridized carbons (Fsp3) is 0.333. The quantitative estimate of drug-likeness (QED) is 0.685. The second-order valence-corrected chi connectivity index (χ2v) is 6.84. The number of halogens is 1. The van der Waals surface area contributed by atoms with Crippen molar-refractivity contribution in [3.63, 3.8) is 0 Å². The van der Waals surface area contributed by atoms with Crippen molar-refractivity contribution in [2.45, 2.75) is 20.3 Å². The van der Waals surface area contributed by atoms with Crippen LogP contribution in [-0.4, -0.2) is 43.8 Å². The first-order chi connectivity index (χ1) is 12.5. The predicted octanol–water partition coefficient (Wildman–Crippen LogP) is 3.86. The van der Waals surface area contributed by atoms with Crippen LogP contribution in [0, 0.1) is 17.2 Å². The monoisotopic (exact) mass is 372 g/mol. The Morgan fingerprint density at radius 2 is 2.19 bits per heavy atom. The van der Waals surface area contributed by atoms with Gasteiger partial charge in [-0.3, -0.25) is 4.79 Å². The van der Waals surface area contributed by atoms with Crippen molar-refractivity contribution >= 4 is 28.5 Å². The molecule has 1 amide bonds. The number of aromatic nitrogens is 4. The van der Waals surface area contributed by atoms with E-state index in [0.29, 0.717) is 47.5 Å². The highest BCUT2D eigenvalue weighted by molar-refractivity contribution is 6.36. The number of fused-ring (bicyclic) bond motifs is 1. The topological polar surface area (TPSA) is 101 Å². The molecule has 0 saturated heterocycles. The molecule has 0 aliphatic rings. The van der Waals surface area contributed by atoms with E-state index in [4.69, 9.17) is 16.9 Å². The number of hydrogen-bond acceptors (Lipinski definition) is 4. The van der Waals surface area contributed by atoms with Gasteiger partial charge in [0.05, 0.1) is 28.6 Å². The molecule has 0 unspecified atom stereocenters. The van der Waals surface area contributed by atoms with Gasteiger partial charge in [0.15, 0.2) is 0 Å². The van der Waals surface area contributed by atoms with Crippen molar-refractivity contribution in [3.05, 3.63) is 35.5 Å². The third-order valence-corrected chi connectivity index (χ3v) is 4.27. The van der Waals surface area contributed by atoms with Gasteiger partial charge >= 0.3 is 0 Å². The fourth-order valence-corrected chi connectivity index (χ4v) is 3.10. The molecule has 0 bridgehead atoms. The van der Waals surface area contributed by atoms with Gasteiger partial charge in [0.25, 0.3) is 5.91 Å². The number of carbonyl (C=O) groups is 1. The Labute approximate surface area is 157 Å². The minimum Gasteiger partial charge on any atom is -0.357 e. The molecular weight excluding hydrogens is 352 g/mol. The molecule has 3 aromatic heterocycles. The Kier molecular flexibility index (Phi) is 5.24. The number of nitrogens with zero attached hydrogens (tertiary/aromatic N) is 4. The Bertz CT molecular complexity index is 974. The van der Waals surface area contributed by atoms with Crippen LogP contribution >= 0.6 is 11.6 Å². The summed E-state index contributed by atoms with van der Waals surface area (Å²) in [7, 11) is 0. The van der Waals surface area contributed by atoms with E-state index in [-0.39, 0.29) is 7.33 Å². The van der Waals surface area contributed by atoms with Gasteiger partial charge in [-0.1, -0.05) is 25.4 Å². The van der Waals surface area contributed by atoms with Crippen LogP contribution in [0.1, 0.15) is 32.2 Å². The standard InChI is InChI=1S/C18H19ClN6O.H2/c1-11(2)9-25(5-3-4-20)18(26)14-6-12(7-21-14)16-15-13(19)8-22-17(15)24-10-23-16;/h6-8,10-11,21H,3,5,9H2,1-2H3,(H,22,23,24);1H. The summed E-state index contributed by atoms with van der Waals surface area (Å²) in [6.45, 7) is 5.08. The van der Waals surface area contributed by atoms with Crippen LogP contribution in [0.2, 0.25) is 5.02 Å². The van der Waals surface area contributed by atoms with Crippen LogP contribution in [0.4, 0.5) is 0 Å². The van der Waals surface area contributed by atoms with Gasteiger partial charge in [-0.2, -0.15) is 5.26 Å². The number of nitrogens with one attached hydrogen (secondary N) is 2. The molecule has 0 saturated carbocycles. The summed E-state index contributed by atoms with van der Waals surface area (Å²) < 4.78 is 0. The first-order valence-corrected chi connectivity index (χ1v) is 8.71. The van der Waals surface area contributed by atoms with Crippen LogP contribution in [0.5, 0.6) is 0 Å². The van der Waals surface area contributed by atoms with E-state index in [2.05, 4.69) is 26.0 Å². The molecule has 136 valence electrons. The summed E-state index contributed by atoms with van der Waals surface area (Å²) in [5.74, 6) is 0.179. The molecular formula is C18H21ClN6O. The van der Waals surface area contributed by atoms with E-state index >= 15 is 0 Å². The highest BCUT2D eigenvalue weighted by atomic mass is 35.5. The zero-order valence-corrected chi connectivity index (χ0v) is 15.3. The number of aromatic amines is 2. The largest absolute Gasteiger partial charge is 0.357 e. The van der Waals surface area contributed by atoms with E-state index in [1.165, 1.54) is 6.33 Å². The van der Waals surface area contributed by atoms with Gasteiger partial charge in [-0.05, 0) is 12.0 Å². The van der Waals surface area contributed by atoms with Crippen LogP contribution in [0.15, 0.2) is 24.8 Å². The summed E-state index contributed by atoms with van der Waals surface area (Å²) in [6.07, 6.45) is 5.15. The summed E-state index contributed by atoms with van der Waals surface area (Å²) in [6, 6.07) is 3.85. The SMILES string of the molecule is CC(C)CN(CCC#N)C(=O)c1cc(-c2ncnc3[nH]cc(Cl)c23)c[nH]1.[HH]. The average molecular weight is 373 g/mol. The van der Waals surface area contributed by atoms with Crippen molar-refractivity contribution < 1.29 is 6.22 Å². The molecule has 0 aliphatic carbocycles. The first kappa shape index (κ1) is 18.0. The lowest BCUT2D eigenvalue weighted by Gasteiger charge is -2.23. The van der Waals surface area contributed by atoms with Gasteiger partial charge in [0.1, 0.15) is 17.7 Å². The molecule has 26 heavy (non-hydrogen) atoms. The minimum atomic E-state index is -0.134. The lowest BCUT2D eigenvalue weighted by molar-refractivity contribution is 0.0734. The number of hydrogen-bond donors (Lipinski definition) is 2. The van der Waals surface area contributed by atoms with E-state index in [1.807, 2.05) is 13.8 Å². The Morgan fingerprint density at radius 1 is 1.38 bits per heavy atom. The molecule has 0 fully saturated rings. The van der Waals surface area contributed by atoms with Gasteiger partial charge in [-0.25, -0.2) is 9.97 Å². The maximum absolute atomic E-state index is 12.8. The molecule has 3 heterocycles. The van der Waals surface area contributed by atoms with E-state index in [9.17, 15) is 4.79 Å². The van der Waals surface area contributed by atoms with Crippen LogP contribution in [-0.2, 0) is 0 Å². The number of H-pyrrole nitrogens is 2. The van der Waals surface area contributed by atoms with Crippen molar-refractivity contribution in [3.8, 4) is 17.3 Å². The molecule has 2 N–H and O–H groups in total. The number of rotatable bonds is 6. The van der Waals surface area contributed by atoms with Crippen molar-refractivity contribution in [1.29, 1.82) is 5.26 Å². The van der Waals surface area contributed by atoms with Gasteiger partial charge < -0.3 is 14.9 Å². The number of nitriles is 1. The molecule has 8 heteroatoms. The molecule has 0 radical (unpaired) electrons. The maximum Gasteiger partial charge on any atom is 0.270 e. The van der Waals surface area contributed by atoms with E-state index < -0.39 is 0 Å². The lowest BCUT2D eigenvalue weighted by Crippen LogP contribution is -2.35. The highest BCUT2D eigenvalue weighted by Crippen LogP contribution is 2.31. The van der Waals surface area contributed by atoms with Crippen molar-refractivity contribution in [2.75, 3.05) is 13.1 Å². The molecule has 0 aliphatic heterocycles. The fourth-order valence-electron chi connectivity index (χ4n) is 2.87. The van der Waals surface area contributed by atoms with Gasteiger partial charge in [0.2, 0.25) is 0 Å². The smallest absolute Gasteiger partial charge is 0.270 e. The third kappa shape index (κ3) is 3.55. The summed E-state index contributed by atoms with van der Waals surface area (Å²) >= 11 is 6.23. The Morgan fingerprint density at radius 3 is 2.92 bits per heavy atom. The second-order valence-electron chi connectivity index (χ2n) is 6.44. The van der Waals surface area contributed by atoms with Crippen LogP contribution in [0.25, 0.3) is 22.3 Å². The number of amides is 1. The first-order valence-electron chi connectivity index (χ1n) is 8.33. The zero-order chi connectivity index (χ0) is 18.7. The Hall–Kier alpha value is -2.85. The normalized spacial score (nSPS) is 11.0. The van der Waals surface area contributed by atoms with Gasteiger partial charge in [0, 0.05) is 32.5 Å². The molecule has 0 aromatic carbocycles. The van der Waals surface area contributed by atoms with E-state index in [0.717, 1.165) is 10.9 Å². The zero-order valence-electron chi connectivity index (χ0n) is 14.6. The van der Waals surface area contributed by atoms with Crippen molar-refractivity contribution in [2.24, 2.45) is 5.92 Å². The minimum absolute atomic E-state index is 0. The molecule has 3 aromatic rings. The lowest BCUT2D eigenvalue weighted by atomic mass is 10.1. The third-order valence-electron chi connectivity index (χ3n) is 3.97. The maximum atomic E-state index is 12.8. The van der Waals surface area contributed by atoms with E-state index in [1.54, 1.807) is 23.4 Å².